The standard InChI is InChI=1S/C12H17BrN2O4S/c1-9(16)8-14-12(17)5-6-15-20(18,19)11-4-2-3-10(13)7-11/h2-4,7,9,15-16H,5-6,8H2,1H3,(H,14,17). The number of hydrogen-bond donors (Lipinski definition) is 3. The van der Waals surface area contributed by atoms with E-state index in [-0.39, 0.29) is 30.3 Å². The molecule has 0 bridgehead atoms. The Balaban J connectivity index is 2.47. The van der Waals surface area contributed by atoms with Crippen LogP contribution in [0.5, 0.6) is 0 Å². The van der Waals surface area contributed by atoms with Gasteiger partial charge in [-0.05, 0) is 25.1 Å². The summed E-state index contributed by atoms with van der Waals surface area (Å²) >= 11 is 3.20. The van der Waals surface area contributed by atoms with Gasteiger partial charge in [-0.1, -0.05) is 22.0 Å². The maximum atomic E-state index is 11.9. The van der Waals surface area contributed by atoms with Gasteiger partial charge in [0.2, 0.25) is 15.9 Å². The second-order valence-electron chi connectivity index (χ2n) is 4.26. The van der Waals surface area contributed by atoms with Crippen molar-refractivity contribution < 1.29 is 18.3 Å². The zero-order valence-corrected chi connectivity index (χ0v) is 13.4. The molecular weight excluding hydrogens is 348 g/mol. The van der Waals surface area contributed by atoms with E-state index in [2.05, 4.69) is 26.0 Å². The highest BCUT2D eigenvalue weighted by molar-refractivity contribution is 9.10. The van der Waals surface area contributed by atoms with Gasteiger partial charge in [-0.25, -0.2) is 13.1 Å². The lowest BCUT2D eigenvalue weighted by molar-refractivity contribution is -0.121. The SMILES string of the molecule is CC(O)CNC(=O)CCNS(=O)(=O)c1cccc(Br)c1. The first-order valence-electron chi connectivity index (χ1n) is 6.01. The average molecular weight is 365 g/mol. The van der Waals surface area contributed by atoms with Crippen LogP contribution in [0.2, 0.25) is 0 Å². The number of aliphatic hydroxyl groups is 1. The van der Waals surface area contributed by atoms with Gasteiger partial charge < -0.3 is 10.4 Å². The van der Waals surface area contributed by atoms with Crippen molar-refractivity contribution in [3.63, 3.8) is 0 Å². The molecule has 8 heteroatoms. The molecule has 0 aliphatic carbocycles. The third-order valence-electron chi connectivity index (χ3n) is 2.35. The number of aliphatic hydroxyl groups excluding tert-OH is 1. The van der Waals surface area contributed by atoms with Gasteiger partial charge in [0.1, 0.15) is 0 Å². The van der Waals surface area contributed by atoms with E-state index in [1.165, 1.54) is 12.1 Å². The van der Waals surface area contributed by atoms with Crippen LogP contribution in [0.3, 0.4) is 0 Å². The van der Waals surface area contributed by atoms with Crippen molar-refractivity contribution in [1.29, 1.82) is 0 Å². The average Bonchev–Trinajstić information content (AvgIpc) is 2.36. The Morgan fingerprint density at radius 1 is 1.45 bits per heavy atom. The summed E-state index contributed by atoms with van der Waals surface area (Å²) in [5.74, 6) is -0.317. The molecule has 1 atom stereocenters. The lowest BCUT2D eigenvalue weighted by Crippen LogP contribution is -2.34. The molecule has 1 aromatic carbocycles. The molecule has 0 saturated heterocycles. The molecule has 3 N–H and O–H groups in total. The van der Waals surface area contributed by atoms with Crippen molar-refractivity contribution in [2.75, 3.05) is 13.1 Å². The molecule has 112 valence electrons. The minimum atomic E-state index is -3.62. The van der Waals surface area contributed by atoms with E-state index in [9.17, 15) is 13.2 Å². The number of benzene rings is 1. The predicted octanol–water partition coefficient (Wildman–Crippen LogP) is 0.615. The highest BCUT2D eigenvalue weighted by Crippen LogP contribution is 2.15. The number of halogens is 1. The Labute approximate surface area is 126 Å². The largest absolute Gasteiger partial charge is 0.392 e. The summed E-state index contributed by atoms with van der Waals surface area (Å²) in [5.41, 5.74) is 0. The Morgan fingerprint density at radius 2 is 2.15 bits per heavy atom. The highest BCUT2D eigenvalue weighted by atomic mass is 79.9. The van der Waals surface area contributed by atoms with Crippen LogP contribution in [0.4, 0.5) is 0 Å². The fourth-order valence-electron chi connectivity index (χ4n) is 1.37. The van der Waals surface area contributed by atoms with Crippen molar-refractivity contribution in [2.24, 2.45) is 0 Å². The molecule has 1 unspecified atom stereocenters. The lowest BCUT2D eigenvalue weighted by Gasteiger charge is -2.08. The van der Waals surface area contributed by atoms with Crippen molar-refractivity contribution in [3.8, 4) is 0 Å². The van der Waals surface area contributed by atoms with Crippen molar-refractivity contribution in [1.82, 2.24) is 10.0 Å². The molecule has 0 heterocycles. The van der Waals surface area contributed by atoms with E-state index in [1.54, 1.807) is 19.1 Å². The smallest absolute Gasteiger partial charge is 0.240 e. The fraction of sp³-hybridized carbons (Fsp3) is 0.417. The van der Waals surface area contributed by atoms with Crippen LogP contribution in [0, 0.1) is 0 Å². The van der Waals surface area contributed by atoms with Crippen LogP contribution in [0.1, 0.15) is 13.3 Å². The monoisotopic (exact) mass is 364 g/mol. The number of hydrogen-bond acceptors (Lipinski definition) is 4. The molecule has 0 saturated carbocycles. The highest BCUT2D eigenvalue weighted by Gasteiger charge is 2.14. The molecule has 0 radical (unpaired) electrons. The number of amides is 1. The summed E-state index contributed by atoms with van der Waals surface area (Å²) in [6, 6.07) is 6.30. The maximum absolute atomic E-state index is 11.9. The van der Waals surface area contributed by atoms with E-state index in [4.69, 9.17) is 5.11 Å². The van der Waals surface area contributed by atoms with Crippen LogP contribution in [0.15, 0.2) is 33.6 Å². The van der Waals surface area contributed by atoms with E-state index in [0.717, 1.165) is 0 Å². The van der Waals surface area contributed by atoms with Crippen LogP contribution in [-0.4, -0.2) is 38.6 Å². The van der Waals surface area contributed by atoms with Gasteiger partial charge in [0.25, 0.3) is 0 Å². The Morgan fingerprint density at radius 3 is 2.75 bits per heavy atom. The minimum absolute atomic E-state index is 0.000486. The maximum Gasteiger partial charge on any atom is 0.240 e. The van der Waals surface area contributed by atoms with Crippen molar-refractivity contribution in [2.45, 2.75) is 24.3 Å². The molecule has 1 aromatic rings. The summed E-state index contributed by atoms with van der Waals surface area (Å²) in [7, 11) is -3.62. The summed E-state index contributed by atoms with van der Waals surface area (Å²) in [5, 5.41) is 11.5. The molecule has 0 aliphatic rings. The van der Waals surface area contributed by atoms with Crippen molar-refractivity contribution in [3.05, 3.63) is 28.7 Å². The first-order valence-corrected chi connectivity index (χ1v) is 8.29. The first-order chi connectivity index (χ1) is 9.31. The summed E-state index contributed by atoms with van der Waals surface area (Å²) < 4.78 is 26.9. The quantitative estimate of drug-likeness (QED) is 0.660. The van der Waals surface area contributed by atoms with E-state index in [1.807, 2.05) is 0 Å². The molecule has 6 nitrogen and oxygen atoms in total. The van der Waals surface area contributed by atoms with Crippen molar-refractivity contribution >= 4 is 31.9 Å². The summed E-state index contributed by atoms with van der Waals surface area (Å²) in [4.78, 5) is 11.5. The minimum Gasteiger partial charge on any atom is -0.392 e. The third-order valence-corrected chi connectivity index (χ3v) is 4.30. The number of rotatable bonds is 7. The molecule has 1 rings (SSSR count). The third kappa shape index (κ3) is 6.00. The van der Waals surface area contributed by atoms with Crippen LogP contribution < -0.4 is 10.0 Å². The van der Waals surface area contributed by atoms with Gasteiger partial charge >= 0.3 is 0 Å². The summed E-state index contributed by atoms with van der Waals surface area (Å²) in [6.45, 7) is 1.70. The van der Waals surface area contributed by atoms with Crippen LogP contribution >= 0.6 is 15.9 Å². The van der Waals surface area contributed by atoms with Gasteiger partial charge in [-0.15, -0.1) is 0 Å². The predicted molar refractivity (Wildman–Crippen MR) is 78.6 cm³/mol. The van der Waals surface area contributed by atoms with Gasteiger partial charge in [0.05, 0.1) is 11.0 Å². The van der Waals surface area contributed by atoms with E-state index >= 15 is 0 Å². The summed E-state index contributed by atoms with van der Waals surface area (Å²) in [6.07, 6.45) is -0.614. The van der Waals surface area contributed by atoms with E-state index < -0.39 is 16.1 Å². The zero-order valence-electron chi connectivity index (χ0n) is 11.0. The Kier molecular flexibility index (Phi) is 6.60. The van der Waals surface area contributed by atoms with Gasteiger partial charge in [-0.2, -0.15) is 0 Å². The second-order valence-corrected chi connectivity index (χ2v) is 6.94. The molecule has 0 fully saturated rings. The fourth-order valence-corrected chi connectivity index (χ4v) is 2.99. The zero-order chi connectivity index (χ0) is 15.2. The Hall–Kier alpha value is -0.960. The van der Waals surface area contributed by atoms with Gasteiger partial charge in [0, 0.05) is 24.0 Å². The second kappa shape index (κ2) is 7.72. The normalized spacial score (nSPS) is 12.9. The van der Waals surface area contributed by atoms with E-state index in [0.29, 0.717) is 4.47 Å². The molecule has 0 aromatic heterocycles. The van der Waals surface area contributed by atoms with Gasteiger partial charge in [-0.3, -0.25) is 4.79 Å². The topological polar surface area (TPSA) is 95.5 Å². The number of nitrogens with one attached hydrogen (secondary N) is 2. The number of carbonyl (C=O) groups is 1. The number of carbonyl (C=O) groups excluding carboxylic acids is 1. The Bertz CT molecular complexity index is 560. The van der Waals surface area contributed by atoms with Crippen LogP contribution in [-0.2, 0) is 14.8 Å². The van der Waals surface area contributed by atoms with Gasteiger partial charge in [0.15, 0.2) is 0 Å². The molecular formula is C12H17BrN2O4S. The molecule has 20 heavy (non-hydrogen) atoms. The first kappa shape index (κ1) is 17.1. The molecule has 1 amide bonds. The molecule has 0 spiro atoms. The lowest BCUT2D eigenvalue weighted by atomic mass is 10.3. The number of sulfonamides is 1. The van der Waals surface area contributed by atoms with Crippen LogP contribution in [0.25, 0.3) is 0 Å². The molecule has 0 aliphatic heterocycles.